The number of hydrogen-bond donors (Lipinski definition) is 0. The van der Waals surface area contributed by atoms with Crippen LogP contribution in [0.4, 0.5) is 52.7 Å². The van der Waals surface area contributed by atoms with Crippen LogP contribution in [-0.2, 0) is 20.2 Å². The molecule has 2 aromatic rings. The number of halogens is 12. The SMILES string of the molecule is CSP12(OC(C(F)(F)F)(C(F)(F)F)c3ccccc31)OC(C(F)(F)F)(C(F)(F)F)c1ccccc12. The molecule has 0 saturated heterocycles. The number of hydrogen-bond acceptors (Lipinski definition) is 3. The predicted molar refractivity (Wildman–Crippen MR) is 102 cm³/mol. The molecule has 2 aromatic carbocycles. The first-order chi connectivity index (χ1) is 15.8. The van der Waals surface area contributed by atoms with Crippen molar-refractivity contribution < 1.29 is 61.7 Å². The van der Waals surface area contributed by atoms with Gasteiger partial charge in [-0.25, -0.2) is 0 Å². The fraction of sp³-hybridized carbons (Fsp3) is 0.368. The Bertz CT molecular complexity index is 1070. The van der Waals surface area contributed by atoms with E-state index >= 15 is 0 Å². The van der Waals surface area contributed by atoms with Gasteiger partial charge in [0, 0.05) is 0 Å². The molecule has 0 radical (unpaired) electrons. The fourth-order valence-electron chi connectivity index (χ4n) is 4.57. The Labute approximate surface area is 192 Å². The van der Waals surface area contributed by atoms with E-state index in [0.29, 0.717) is 24.3 Å². The van der Waals surface area contributed by atoms with E-state index in [1.807, 2.05) is 0 Å². The number of benzene rings is 2. The van der Waals surface area contributed by atoms with Gasteiger partial charge in [0.2, 0.25) is 0 Å². The molecule has 0 bridgehead atoms. The summed E-state index contributed by atoms with van der Waals surface area (Å²) in [5, 5.41) is -2.35. The van der Waals surface area contributed by atoms with Crippen molar-refractivity contribution in [3.63, 3.8) is 0 Å². The number of fused-ring (bicyclic) bond motifs is 4. The van der Waals surface area contributed by atoms with Gasteiger partial charge in [0.15, 0.2) is 0 Å². The Morgan fingerprint density at radius 1 is 0.571 bits per heavy atom. The zero-order chi connectivity index (χ0) is 26.5. The van der Waals surface area contributed by atoms with Crippen LogP contribution in [0.25, 0.3) is 0 Å². The Morgan fingerprint density at radius 2 is 0.857 bits per heavy atom. The molecule has 2 heterocycles. The Kier molecular flexibility index (Phi) is 5.26. The first kappa shape index (κ1) is 26.4. The van der Waals surface area contributed by atoms with Crippen molar-refractivity contribution in [1.29, 1.82) is 0 Å². The van der Waals surface area contributed by atoms with E-state index in [9.17, 15) is 52.7 Å². The topological polar surface area (TPSA) is 18.5 Å². The van der Waals surface area contributed by atoms with Gasteiger partial charge >= 0.3 is 192 Å². The van der Waals surface area contributed by atoms with Gasteiger partial charge in [-0.1, -0.05) is 0 Å². The quantitative estimate of drug-likeness (QED) is 0.276. The second-order valence-corrected chi connectivity index (χ2v) is 14.2. The van der Waals surface area contributed by atoms with E-state index in [1.165, 1.54) is 0 Å². The van der Waals surface area contributed by atoms with Crippen LogP contribution in [0.15, 0.2) is 48.5 Å². The van der Waals surface area contributed by atoms with E-state index in [2.05, 4.69) is 0 Å². The van der Waals surface area contributed by atoms with Crippen LogP contribution in [0.3, 0.4) is 0 Å². The monoisotopic (exact) mass is 562 g/mol. The molecule has 35 heavy (non-hydrogen) atoms. The minimum atomic E-state index is -6.53. The second-order valence-electron chi connectivity index (χ2n) is 7.64. The molecule has 0 saturated carbocycles. The molecule has 0 aliphatic carbocycles. The van der Waals surface area contributed by atoms with Crippen molar-refractivity contribution in [2.75, 3.05) is 6.26 Å². The Balaban J connectivity index is 2.27. The Morgan fingerprint density at radius 3 is 1.11 bits per heavy atom. The maximum atomic E-state index is 14.2. The summed E-state index contributed by atoms with van der Waals surface area (Å²) in [6.45, 7) is 0. The zero-order valence-electron chi connectivity index (χ0n) is 16.8. The van der Waals surface area contributed by atoms with Gasteiger partial charge in [0.25, 0.3) is 0 Å². The molecular formula is C19H11F12O2PS. The predicted octanol–water partition coefficient (Wildman–Crippen LogP) is 7.00. The number of rotatable bonds is 1. The van der Waals surface area contributed by atoms with Crippen LogP contribution in [0.1, 0.15) is 11.1 Å². The molecule has 0 aromatic heterocycles. The minimum absolute atomic E-state index is 0.170. The third-order valence-corrected chi connectivity index (χ3v) is 13.9. The molecule has 2 aliphatic rings. The van der Waals surface area contributed by atoms with Gasteiger partial charge in [-0.2, -0.15) is 0 Å². The first-order valence-corrected chi connectivity index (χ1v) is 13.1. The van der Waals surface area contributed by atoms with E-state index in [0.717, 1.165) is 30.5 Å². The van der Waals surface area contributed by atoms with Gasteiger partial charge in [-0.3, -0.25) is 0 Å². The summed E-state index contributed by atoms with van der Waals surface area (Å²) in [4.78, 5) is 0. The van der Waals surface area contributed by atoms with Crippen LogP contribution in [0, 0.1) is 0 Å². The molecule has 16 heteroatoms. The second kappa shape index (κ2) is 6.99. The molecule has 0 unspecified atom stereocenters. The molecule has 0 atom stereocenters. The molecule has 0 N–H and O–H groups in total. The summed E-state index contributed by atoms with van der Waals surface area (Å²) in [7, 11) is 0. The van der Waals surface area contributed by atoms with Crippen LogP contribution in [0.2, 0.25) is 0 Å². The third-order valence-electron chi connectivity index (χ3n) is 5.93. The van der Waals surface area contributed by atoms with Gasteiger partial charge in [0.1, 0.15) is 0 Å². The summed E-state index contributed by atoms with van der Waals surface area (Å²) in [5.41, 5.74) is -13.9. The van der Waals surface area contributed by atoms with Gasteiger partial charge in [-0.15, -0.1) is 0 Å². The van der Waals surface area contributed by atoms with Gasteiger partial charge in [-0.05, 0) is 0 Å². The summed E-state index contributed by atoms with van der Waals surface area (Å²) in [5.74, 6) is 0. The average molecular weight is 562 g/mol. The van der Waals surface area contributed by atoms with Crippen molar-refractivity contribution in [2.45, 2.75) is 35.9 Å². The number of alkyl halides is 12. The summed E-state index contributed by atoms with van der Waals surface area (Å²) in [6, 6.07) is 4.98. The van der Waals surface area contributed by atoms with Crippen LogP contribution in [0.5, 0.6) is 0 Å². The van der Waals surface area contributed by atoms with Crippen LogP contribution in [-0.4, -0.2) is 31.0 Å². The summed E-state index contributed by atoms with van der Waals surface area (Å²) in [6.07, 6.45) is -31.2. The van der Waals surface area contributed by atoms with Crippen LogP contribution < -0.4 is 10.6 Å². The van der Waals surface area contributed by atoms with Crippen molar-refractivity contribution in [3.05, 3.63) is 59.7 Å². The standard InChI is InChI=1S/C19H11F12O2PS/c1-35-34(12-8-4-2-6-10(12)14(32-34,16(20,21)22)17(23,24)25)13-9-5-3-7-11(13)15(33-34,18(26,27)28)19(29,30)31/h2-9H,1H3. The van der Waals surface area contributed by atoms with Crippen molar-refractivity contribution in [1.82, 2.24) is 0 Å². The first-order valence-electron chi connectivity index (χ1n) is 9.23. The molecule has 2 aliphatic heterocycles. The molecule has 194 valence electrons. The third kappa shape index (κ3) is 2.83. The molecule has 0 fully saturated rings. The maximum absolute atomic E-state index is 14.2. The molecule has 1 spiro atoms. The zero-order valence-corrected chi connectivity index (χ0v) is 18.5. The molecular weight excluding hydrogens is 551 g/mol. The summed E-state index contributed by atoms with van der Waals surface area (Å²) >= 11 is -0.170. The fourth-order valence-corrected chi connectivity index (χ4v) is 12.6. The van der Waals surface area contributed by atoms with Crippen molar-refractivity contribution >= 4 is 28.2 Å². The van der Waals surface area contributed by atoms with Gasteiger partial charge in [0.05, 0.1) is 0 Å². The van der Waals surface area contributed by atoms with E-state index in [4.69, 9.17) is 9.05 Å². The summed E-state index contributed by atoms with van der Waals surface area (Å²) < 4.78 is 180. The van der Waals surface area contributed by atoms with Crippen molar-refractivity contribution in [3.8, 4) is 0 Å². The molecule has 4 rings (SSSR count). The molecule has 0 amide bonds. The van der Waals surface area contributed by atoms with E-state index < -0.39 is 63.9 Å². The van der Waals surface area contributed by atoms with Crippen molar-refractivity contribution in [2.24, 2.45) is 0 Å². The van der Waals surface area contributed by atoms with E-state index in [1.54, 1.807) is 0 Å². The normalized spacial score (nSPS) is 23.4. The van der Waals surface area contributed by atoms with Gasteiger partial charge < -0.3 is 0 Å². The van der Waals surface area contributed by atoms with E-state index in [-0.39, 0.29) is 11.4 Å². The molecule has 2 nitrogen and oxygen atoms in total. The Hall–Kier alpha value is -1.70. The average Bonchev–Trinajstić information content (AvgIpc) is 3.17. The van der Waals surface area contributed by atoms with Crippen LogP contribution >= 0.6 is 17.6 Å².